The first-order valence-electron chi connectivity index (χ1n) is 5.51. The van der Waals surface area contributed by atoms with Crippen LogP contribution in [0.4, 0.5) is 0 Å². The molecule has 0 aromatic carbocycles. The van der Waals surface area contributed by atoms with Crippen LogP contribution in [0.25, 0.3) is 0 Å². The summed E-state index contributed by atoms with van der Waals surface area (Å²) in [5, 5.41) is 4.95. The third-order valence-electron chi connectivity index (χ3n) is 3.11. The van der Waals surface area contributed by atoms with Crippen molar-refractivity contribution in [2.45, 2.75) is 33.1 Å². The molecule has 2 N–H and O–H groups in total. The van der Waals surface area contributed by atoms with E-state index in [0.717, 1.165) is 19.6 Å². The van der Waals surface area contributed by atoms with Crippen molar-refractivity contribution in [3.05, 3.63) is 0 Å². The molecule has 1 aliphatic heterocycles. The lowest BCUT2D eigenvalue weighted by molar-refractivity contribution is 0.133. The summed E-state index contributed by atoms with van der Waals surface area (Å²) >= 11 is 0. The number of nitrogens with two attached hydrogens (primary N) is 1. The number of likely N-dealkylation sites (tertiary alicyclic amines) is 1. The third-order valence-corrected chi connectivity index (χ3v) is 3.97. The van der Waals surface area contributed by atoms with E-state index in [0.29, 0.717) is 11.8 Å². The van der Waals surface area contributed by atoms with Crippen molar-refractivity contribution in [3.8, 4) is 0 Å². The fourth-order valence-electron chi connectivity index (χ4n) is 1.87. The monoisotopic (exact) mass is 234 g/mol. The zero-order chi connectivity index (χ0) is 11.5. The average molecular weight is 234 g/mol. The van der Waals surface area contributed by atoms with Gasteiger partial charge in [-0.1, -0.05) is 13.8 Å². The quantitative estimate of drug-likeness (QED) is 0.782. The van der Waals surface area contributed by atoms with Crippen LogP contribution in [-0.2, 0) is 10.0 Å². The van der Waals surface area contributed by atoms with Gasteiger partial charge in [0.25, 0.3) is 0 Å². The molecular formula is C10H22N2O2S. The van der Waals surface area contributed by atoms with Gasteiger partial charge in [0.05, 0.1) is 5.75 Å². The summed E-state index contributed by atoms with van der Waals surface area (Å²) in [6, 6.07) is 0. The van der Waals surface area contributed by atoms with Gasteiger partial charge >= 0.3 is 0 Å². The molecule has 1 saturated heterocycles. The van der Waals surface area contributed by atoms with Crippen LogP contribution < -0.4 is 5.14 Å². The second-order valence-corrected chi connectivity index (χ2v) is 6.96. The third kappa shape index (κ3) is 5.49. The van der Waals surface area contributed by atoms with Crippen molar-refractivity contribution in [1.29, 1.82) is 0 Å². The first-order valence-corrected chi connectivity index (χ1v) is 7.23. The molecule has 0 radical (unpaired) electrons. The summed E-state index contributed by atoms with van der Waals surface area (Å²) in [4.78, 5) is 2.33. The Balaban J connectivity index is 2.20. The fraction of sp³-hybridized carbons (Fsp3) is 1.00. The van der Waals surface area contributed by atoms with Crippen molar-refractivity contribution >= 4 is 10.0 Å². The number of primary sulfonamides is 1. The molecule has 0 aliphatic carbocycles. The van der Waals surface area contributed by atoms with E-state index in [4.69, 9.17) is 5.14 Å². The predicted molar refractivity (Wildman–Crippen MR) is 62.0 cm³/mol. The number of hydrogen-bond acceptors (Lipinski definition) is 3. The maximum Gasteiger partial charge on any atom is 0.209 e. The van der Waals surface area contributed by atoms with Gasteiger partial charge in [-0.3, -0.25) is 0 Å². The molecule has 0 aromatic rings. The highest BCUT2D eigenvalue weighted by Gasteiger charge is 2.24. The average Bonchev–Trinajstić information content (AvgIpc) is 2.06. The number of piperidine rings is 1. The zero-order valence-corrected chi connectivity index (χ0v) is 10.5. The first-order chi connectivity index (χ1) is 6.79. The molecule has 90 valence electrons. The van der Waals surface area contributed by atoms with Gasteiger partial charge in [0.1, 0.15) is 0 Å². The second-order valence-electron chi connectivity index (χ2n) is 5.23. The molecule has 0 saturated carbocycles. The fourth-order valence-corrected chi connectivity index (χ4v) is 2.40. The van der Waals surface area contributed by atoms with Gasteiger partial charge in [0.2, 0.25) is 10.0 Å². The van der Waals surface area contributed by atoms with Gasteiger partial charge in [0.15, 0.2) is 0 Å². The highest BCUT2D eigenvalue weighted by molar-refractivity contribution is 7.89. The molecule has 0 atom stereocenters. The minimum absolute atomic E-state index is 0.104. The SMILES string of the molecule is CC1(C)CCN(CCCS(N)(=O)=O)CC1. The predicted octanol–water partition coefficient (Wildman–Crippen LogP) is 0.787. The summed E-state index contributed by atoms with van der Waals surface area (Å²) in [6.07, 6.45) is 3.05. The normalized spacial score (nSPS) is 22.9. The summed E-state index contributed by atoms with van der Waals surface area (Å²) in [5.74, 6) is 0.104. The van der Waals surface area contributed by atoms with Gasteiger partial charge < -0.3 is 4.90 Å². The Morgan fingerprint density at radius 3 is 2.27 bits per heavy atom. The molecule has 0 aromatic heterocycles. The Morgan fingerprint density at radius 2 is 1.80 bits per heavy atom. The lowest BCUT2D eigenvalue weighted by Gasteiger charge is -2.36. The van der Waals surface area contributed by atoms with Crippen LogP contribution in [0.3, 0.4) is 0 Å². The van der Waals surface area contributed by atoms with E-state index in [1.807, 2.05) is 0 Å². The highest BCUT2D eigenvalue weighted by atomic mass is 32.2. The van der Waals surface area contributed by atoms with Gasteiger partial charge in [0, 0.05) is 0 Å². The Labute approximate surface area is 92.9 Å². The number of rotatable bonds is 4. The Bertz CT molecular complexity index is 289. The molecule has 1 fully saturated rings. The smallest absolute Gasteiger partial charge is 0.209 e. The topological polar surface area (TPSA) is 63.4 Å². The van der Waals surface area contributed by atoms with E-state index in [9.17, 15) is 8.42 Å². The van der Waals surface area contributed by atoms with Crippen LogP contribution in [0.1, 0.15) is 33.1 Å². The van der Waals surface area contributed by atoms with Crippen LogP contribution in [0.15, 0.2) is 0 Å². The zero-order valence-electron chi connectivity index (χ0n) is 9.70. The van der Waals surface area contributed by atoms with Crippen molar-refractivity contribution in [2.24, 2.45) is 10.6 Å². The van der Waals surface area contributed by atoms with Gasteiger partial charge in [-0.15, -0.1) is 0 Å². The van der Waals surface area contributed by atoms with E-state index in [1.54, 1.807) is 0 Å². The maximum absolute atomic E-state index is 10.7. The molecule has 4 nitrogen and oxygen atoms in total. The molecule has 1 rings (SSSR count). The Morgan fingerprint density at radius 1 is 1.27 bits per heavy atom. The molecule has 15 heavy (non-hydrogen) atoms. The summed E-state index contributed by atoms with van der Waals surface area (Å²) < 4.78 is 21.5. The van der Waals surface area contributed by atoms with E-state index < -0.39 is 10.0 Å². The van der Waals surface area contributed by atoms with E-state index in [-0.39, 0.29) is 5.75 Å². The number of sulfonamides is 1. The van der Waals surface area contributed by atoms with Crippen LogP contribution in [0, 0.1) is 5.41 Å². The molecule has 5 heteroatoms. The summed E-state index contributed by atoms with van der Waals surface area (Å²) in [6.45, 7) is 7.59. The molecule has 0 amide bonds. The van der Waals surface area contributed by atoms with Crippen molar-refractivity contribution in [2.75, 3.05) is 25.4 Å². The summed E-state index contributed by atoms with van der Waals surface area (Å²) in [7, 11) is -3.27. The van der Waals surface area contributed by atoms with Crippen molar-refractivity contribution in [3.63, 3.8) is 0 Å². The van der Waals surface area contributed by atoms with Gasteiger partial charge in [-0.25, -0.2) is 13.6 Å². The summed E-state index contributed by atoms with van der Waals surface area (Å²) in [5.41, 5.74) is 0.455. The van der Waals surface area contributed by atoms with Crippen LogP contribution >= 0.6 is 0 Å². The molecule has 1 heterocycles. The van der Waals surface area contributed by atoms with E-state index in [2.05, 4.69) is 18.7 Å². The molecule has 0 spiro atoms. The standard InChI is InChI=1S/C10H22N2O2S/c1-10(2)4-7-12(8-5-10)6-3-9-15(11,13)14/h3-9H2,1-2H3,(H2,11,13,14). The van der Waals surface area contributed by atoms with E-state index >= 15 is 0 Å². The van der Waals surface area contributed by atoms with Crippen LogP contribution in [0.5, 0.6) is 0 Å². The van der Waals surface area contributed by atoms with Crippen LogP contribution in [0.2, 0.25) is 0 Å². The second kappa shape index (κ2) is 4.80. The Kier molecular flexibility index (Phi) is 4.14. The number of hydrogen-bond donors (Lipinski definition) is 1. The minimum Gasteiger partial charge on any atom is -0.303 e. The van der Waals surface area contributed by atoms with Crippen LogP contribution in [-0.4, -0.2) is 38.7 Å². The highest BCUT2D eigenvalue weighted by Crippen LogP contribution is 2.29. The van der Waals surface area contributed by atoms with E-state index in [1.165, 1.54) is 12.8 Å². The largest absolute Gasteiger partial charge is 0.303 e. The minimum atomic E-state index is -3.27. The van der Waals surface area contributed by atoms with Crippen molar-refractivity contribution < 1.29 is 8.42 Å². The maximum atomic E-state index is 10.7. The molecule has 0 bridgehead atoms. The molecule has 0 unspecified atom stereocenters. The lowest BCUT2D eigenvalue weighted by atomic mass is 9.83. The van der Waals surface area contributed by atoms with Gasteiger partial charge in [-0.2, -0.15) is 0 Å². The van der Waals surface area contributed by atoms with Gasteiger partial charge in [-0.05, 0) is 44.3 Å². The van der Waals surface area contributed by atoms with Crippen molar-refractivity contribution in [1.82, 2.24) is 4.90 Å². The Hall–Kier alpha value is -0.130. The lowest BCUT2D eigenvalue weighted by Crippen LogP contribution is -2.38. The molecular weight excluding hydrogens is 212 g/mol. The first kappa shape index (κ1) is 12.9. The molecule has 1 aliphatic rings. The number of nitrogens with zero attached hydrogens (tertiary/aromatic N) is 1.